The molecule has 4 nitrogen and oxygen atoms in total. The van der Waals surface area contributed by atoms with E-state index in [1.54, 1.807) is 0 Å². The van der Waals surface area contributed by atoms with Crippen LogP contribution in [0.3, 0.4) is 0 Å². The molecule has 0 aliphatic carbocycles. The molecule has 13 rings (SSSR count). The Morgan fingerprint density at radius 1 is 0.340 bits per heavy atom. The van der Waals surface area contributed by atoms with Gasteiger partial charge in [0.15, 0.2) is 29.1 Å². The van der Waals surface area contributed by atoms with Crippen molar-refractivity contribution in [3.63, 3.8) is 0 Å². The molecule has 0 atom stereocenters. The van der Waals surface area contributed by atoms with Gasteiger partial charge in [0.2, 0.25) is 0 Å². The smallest absolute Gasteiger partial charge is 0.190 e. The number of hydrogen-bond donors (Lipinski definition) is 2. The summed E-state index contributed by atoms with van der Waals surface area (Å²) in [7, 11) is 9.04. The molecule has 7 aromatic rings. The second-order valence-electron chi connectivity index (χ2n) is 14.3. The van der Waals surface area contributed by atoms with Crippen molar-refractivity contribution < 1.29 is 17.1 Å². The number of benzene rings is 4. The van der Waals surface area contributed by atoms with E-state index in [1.165, 1.54) is 66.0 Å². The third kappa shape index (κ3) is 4.48. The zero-order valence-corrected chi connectivity index (χ0v) is 29.3. The Hall–Kier alpha value is -5.74. The molecule has 5 radical (unpaired) electrons. The number of rotatable bonds is 4. The molecule has 0 saturated carbocycles. The van der Waals surface area contributed by atoms with Gasteiger partial charge in [-0.2, -0.15) is 0 Å². The van der Waals surface area contributed by atoms with E-state index in [4.69, 9.17) is 9.97 Å². The number of aromatic amines is 2. The van der Waals surface area contributed by atoms with Gasteiger partial charge in [0.1, 0.15) is 0 Å². The third-order valence-corrected chi connectivity index (χ3v) is 11.3. The van der Waals surface area contributed by atoms with Crippen LogP contribution in [-0.2, 0) is 17.1 Å². The normalized spacial score (nSPS) is 13.6. The molecule has 2 N–H and O–H groups in total. The van der Waals surface area contributed by atoms with E-state index in [9.17, 15) is 0 Å². The zero-order valence-electron chi connectivity index (χ0n) is 28.1. The van der Waals surface area contributed by atoms with Gasteiger partial charge >= 0.3 is 0 Å². The number of fused-ring (bicyclic) bond motifs is 12. The molecule has 237 valence electrons. The van der Waals surface area contributed by atoms with E-state index in [0.29, 0.717) is 0 Å². The fraction of sp³-hybridized carbons (Fsp3) is 0. The van der Waals surface area contributed by atoms with Crippen LogP contribution >= 0.6 is 0 Å². The minimum atomic E-state index is 0. The molecule has 6 aliphatic rings. The summed E-state index contributed by atoms with van der Waals surface area (Å²) in [6, 6.07) is 35.1. The van der Waals surface area contributed by atoms with Crippen LogP contribution in [0.1, 0.15) is 22.8 Å². The first-order chi connectivity index (χ1) is 25.7. The number of hydrogen-bond acceptors (Lipinski definition) is 2. The van der Waals surface area contributed by atoms with Gasteiger partial charge in [-0.3, -0.25) is 0 Å². The van der Waals surface area contributed by atoms with Gasteiger partial charge in [0.25, 0.3) is 0 Å². The summed E-state index contributed by atoms with van der Waals surface area (Å²) in [5.41, 5.74) is 27.3. The molecular weight excluding hydrogens is 683 g/mol. The van der Waals surface area contributed by atoms with Gasteiger partial charge < -0.3 is 9.97 Å². The molecule has 9 heterocycles. The van der Waals surface area contributed by atoms with Crippen LogP contribution in [0, 0.1) is 0 Å². The van der Waals surface area contributed by atoms with Crippen molar-refractivity contribution in [2.24, 2.45) is 0 Å². The third-order valence-electron chi connectivity index (χ3n) is 11.3. The summed E-state index contributed by atoms with van der Waals surface area (Å²) < 4.78 is 0. The maximum Gasteiger partial charge on any atom is 0.190 e. The number of H-pyrrole nitrogens is 2. The number of nitrogens with one attached hydrogen (secondary N) is 2. The van der Waals surface area contributed by atoms with Gasteiger partial charge in [0, 0.05) is 61.4 Å². The molecule has 4 aromatic carbocycles. The van der Waals surface area contributed by atoms with Gasteiger partial charge in [-0.15, -0.1) is 0 Å². The molecule has 3 aromatic heterocycles. The Morgan fingerprint density at radius 3 is 0.868 bits per heavy atom. The second kappa shape index (κ2) is 10.7. The Labute approximate surface area is 319 Å². The molecular formula is C44H22B4MnN4. The first-order valence-electron chi connectivity index (χ1n) is 17.8. The summed E-state index contributed by atoms with van der Waals surface area (Å²) in [6.45, 7) is 0. The van der Waals surface area contributed by atoms with Crippen molar-refractivity contribution in [1.29, 1.82) is 0 Å². The molecule has 0 spiro atoms. The topological polar surface area (TPSA) is 57.4 Å². The summed E-state index contributed by atoms with van der Waals surface area (Å²) in [5.74, 6) is 0. The van der Waals surface area contributed by atoms with E-state index < -0.39 is 0 Å². The Bertz CT molecular complexity index is 2700. The fourth-order valence-electron chi connectivity index (χ4n) is 8.52. The molecule has 6 aliphatic heterocycles. The maximum atomic E-state index is 5.48. The predicted octanol–water partition coefficient (Wildman–Crippen LogP) is 3.19. The maximum absolute atomic E-state index is 5.48. The molecule has 9 heteroatoms. The van der Waals surface area contributed by atoms with Crippen LogP contribution in [0.15, 0.2) is 97.1 Å². The average molecular weight is 705 g/mol. The molecule has 0 fully saturated rings. The van der Waals surface area contributed by atoms with Crippen LogP contribution in [0.2, 0.25) is 0 Å². The average Bonchev–Trinajstić information content (AvgIpc) is 4.12. The standard InChI is InChI=1S/C44H22B4N4.Mn/c1-5-21(41-25(9-1)45-41)37-29-13-15-31(49-29)38(22-6-2-10-26-42(22)46-26)33-17-19-35(51-33)40(24-8-4-12-28-44(24)48-28)36-20-18-34(52-36)39(32-16-14-30(37)50-32)23-7-3-11-27-43(23)47-27;/h1-20,49,52H;. The summed E-state index contributed by atoms with van der Waals surface area (Å²) in [6.07, 6.45) is 8.75. The monoisotopic (exact) mass is 705 g/mol. The SMILES string of the molecule is [B]1c2cccc(-c3c4nc(c(-c5cccc6c5[B]6)c5ccc([nH]5)c(-c5cccc6c5[B]6)c5nc(c(-c6cccc7c6[B]7)c6ccc3[nH]6)C=C5)C=C4)c21.[Mn]. The van der Waals surface area contributed by atoms with E-state index in [-0.39, 0.29) is 17.1 Å². The first-order valence-corrected chi connectivity index (χ1v) is 17.8. The van der Waals surface area contributed by atoms with Crippen LogP contribution < -0.4 is 43.7 Å². The Morgan fingerprint density at radius 2 is 0.604 bits per heavy atom. The van der Waals surface area contributed by atoms with E-state index >= 15 is 0 Å². The van der Waals surface area contributed by atoms with Crippen molar-refractivity contribution >= 4 is 119 Å². The van der Waals surface area contributed by atoms with E-state index in [0.717, 1.165) is 67.1 Å². The van der Waals surface area contributed by atoms with Crippen LogP contribution in [0.5, 0.6) is 0 Å². The predicted molar refractivity (Wildman–Crippen MR) is 221 cm³/mol. The molecule has 8 bridgehead atoms. The molecule has 53 heavy (non-hydrogen) atoms. The van der Waals surface area contributed by atoms with Crippen molar-refractivity contribution in [3.05, 3.63) is 120 Å². The number of nitrogens with zero attached hydrogens (tertiary/aromatic N) is 2. The van der Waals surface area contributed by atoms with Crippen LogP contribution in [0.4, 0.5) is 0 Å². The van der Waals surface area contributed by atoms with Crippen LogP contribution in [-0.4, -0.2) is 49.1 Å². The first kappa shape index (κ1) is 29.8. The van der Waals surface area contributed by atoms with Crippen molar-refractivity contribution in [2.75, 3.05) is 0 Å². The molecule has 0 amide bonds. The van der Waals surface area contributed by atoms with Crippen molar-refractivity contribution in [3.8, 4) is 44.5 Å². The summed E-state index contributed by atoms with van der Waals surface area (Å²) in [4.78, 5) is 18.8. The number of aromatic nitrogens is 4. The van der Waals surface area contributed by atoms with Crippen molar-refractivity contribution in [1.82, 2.24) is 19.9 Å². The minimum absolute atomic E-state index is 0. The Balaban J connectivity index is 0.00000315. The van der Waals surface area contributed by atoms with Crippen LogP contribution in [0.25, 0.3) is 90.9 Å². The van der Waals surface area contributed by atoms with E-state index in [1.807, 2.05) is 0 Å². The van der Waals surface area contributed by atoms with Gasteiger partial charge in [-0.1, -0.05) is 116 Å². The van der Waals surface area contributed by atoms with Gasteiger partial charge in [-0.25, -0.2) is 9.97 Å². The minimum Gasteiger partial charge on any atom is -0.354 e. The largest absolute Gasteiger partial charge is 0.354 e. The van der Waals surface area contributed by atoms with Gasteiger partial charge in [0.05, 0.1) is 22.8 Å². The van der Waals surface area contributed by atoms with E-state index in [2.05, 4.69) is 160 Å². The quantitative estimate of drug-likeness (QED) is 0.277. The van der Waals surface area contributed by atoms with Crippen molar-refractivity contribution in [2.45, 2.75) is 0 Å². The molecule has 0 unspecified atom stereocenters. The molecule has 0 saturated heterocycles. The Kier molecular flexibility index (Phi) is 6.00. The fourth-order valence-corrected chi connectivity index (χ4v) is 8.52. The summed E-state index contributed by atoms with van der Waals surface area (Å²) >= 11 is 0. The second-order valence-corrected chi connectivity index (χ2v) is 14.3. The summed E-state index contributed by atoms with van der Waals surface area (Å²) in [5, 5.41) is 0. The zero-order chi connectivity index (χ0) is 33.7. The van der Waals surface area contributed by atoms with Gasteiger partial charge in [-0.05, 0) is 70.8 Å².